The zero-order chi connectivity index (χ0) is 15.4. The molecule has 3 heteroatoms. The van der Waals surface area contributed by atoms with Crippen LogP contribution in [-0.2, 0) is 4.79 Å². The van der Waals surface area contributed by atoms with Crippen molar-refractivity contribution >= 4 is 12.0 Å². The zero-order valence-corrected chi connectivity index (χ0v) is 13.4. The zero-order valence-electron chi connectivity index (χ0n) is 13.4. The molecule has 2 aliphatic rings. The standard InChI is InChI=1S/C19H26N2O/c1-2-19(22)21-17-11-12-18(21)15-20(14-17)13-7-6-10-16-8-4-3-5-9-16/h3-6,8-10,17-18H,2,7,11-15H2,1H3. The Morgan fingerprint density at radius 2 is 1.86 bits per heavy atom. The Balaban J connectivity index is 1.48. The first-order valence-corrected chi connectivity index (χ1v) is 8.53. The molecule has 0 aliphatic carbocycles. The van der Waals surface area contributed by atoms with Crippen LogP contribution in [0, 0.1) is 0 Å². The summed E-state index contributed by atoms with van der Waals surface area (Å²) >= 11 is 0. The Bertz CT molecular complexity index is 511. The third-order valence-electron chi connectivity index (χ3n) is 4.87. The topological polar surface area (TPSA) is 23.6 Å². The predicted molar refractivity (Wildman–Crippen MR) is 90.5 cm³/mol. The molecular weight excluding hydrogens is 272 g/mol. The highest BCUT2D eigenvalue weighted by molar-refractivity contribution is 5.77. The number of fused-ring (bicyclic) bond motifs is 2. The van der Waals surface area contributed by atoms with Crippen LogP contribution >= 0.6 is 0 Å². The maximum atomic E-state index is 12.0. The number of hydrogen-bond donors (Lipinski definition) is 0. The number of hydrogen-bond acceptors (Lipinski definition) is 2. The number of amides is 1. The van der Waals surface area contributed by atoms with Crippen LogP contribution in [0.3, 0.4) is 0 Å². The summed E-state index contributed by atoms with van der Waals surface area (Å²) in [5.41, 5.74) is 1.26. The van der Waals surface area contributed by atoms with Gasteiger partial charge in [0.15, 0.2) is 0 Å². The molecule has 1 amide bonds. The Hall–Kier alpha value is -1.61. The molecule has 2 aliphatic heterocycles. The minimum atomic E-state index is 0.344. The minimum absolute atomic E-state index is 0.344. The van der Waals surface area contributed by atoms with Gasteiger partial charge in [0.1, 0.15) is 0 Å². The van der Waals surface area contributed by atoms with E-state index in [1.807, 2.05) is 13.0 Å². The van der Waals surface area contributed by atoms with Gasteiger partial charge < -0.3 is 4.90 Å². The highest BCUT2D eigenvalue weighted by atomic mass is 16.2. The summed E-state index contributed by atoms with van der Waals surface area (Å²) in [7, 11) is 0. The first-order valence-electron chi connectivity index (χ1n) is 8.53. The number of carbonyl (C=O) groups is 1. The molecule has 118 valence electrons. The average molecular weight is 298 g/mol. The molecule has 0 aromatic heterocycles. The summed E-state index contributed by atoms with van der Waals surface area (Å²) in [5.74, 6) is 0.344. The first-order chi connectivity index (χ1) is 10.8. The summed E-state index contributed by atoms with van der Waals surface area (Å²) in [6.07, 6.45) is 8.56. The van der Waals surface area contributed by atoms with Crippen LogP contribution in [0.15, 0.2) is 36.4 Å². The number of likely N-dealkylation sites (tertiary alicyclic amines) is 1. The predicted octanol–water partition coefficient (Wildman–Crippen LogP) is 3.18. The van der Waals surface area contributed by atoms with Gasteiger partial charge >= 0.3 is 0 Å². The molecule has 2 unspecified atom stereocenters. The van der Waals surface area contributed by atoms with Crippen LogP contribution in [0.25, 0.3) is 6.08 Å². The van der Waals surface area contributed by atoms with Crippen LogP contribution in [0.2, 0.25) is 0 Å². The monoisotopic (exact) mass is 298 g/mol. The third-order valence-corrected chi connectivity index (χ3v) is 4.87. The van der Waals surface area contributed by atoms with E-state index in [4.69, 9.17) is 0 Å². The normalized spacial score (nSPS) is 25.0. The smallest absolute Gasteiger partial charge is 0.222 e. The van der Waals surface area contributed by atoms with Crippen LogP contribution < -0.4 is 0 Å². The summed E-state index contributed by atoms with van der Waals surface area (Å²) < 4.78 is 0. The molecule has 0 radical (unpaired) electrons. The van der Waals surface area contributed by atoms with E-state index < -0.39 is 0 Å². The average Bonchev–Trinajstić information content (AvgIpc) is 2.82. The van der Waals surface area contributed by atoms with Crippen molar-refractivity contribution < 1.29 is 4.79 Å². The van der Waals surface area contributed by atoms with Crippen LogP contribution in [0.4, 0.5) is 0 Å². The van der Waals surface area contributed by atoms with Crippen molar-refractivity contribution in [3.05, 3.63) is 42.0 Å². The molecule has 0 saturated carbocycles. The first kappa shape index (κ1) is 15.3. The van der Waals surface area contributed by atoms with Gasteiger partial charge in [-0.3, -0.25) is 9.69 Å². The van der Waals surface area contributed by atoms with Gasteiger partial charge in [-0.05, 0) is 24.8 Å². The van der Waals surface area contributed by atoms with Gasteiger partial charge in [-0.15, -0.1) is 0 Å². The molecule has 1 aromatic carbocycles. The number of nitrogens with zero attached hydrogens (tertiary/aromatic N) is 2. The Morgan fingerprint density at radius 1 is 1.18 bits per heavy atom. The van der Waals surface area contributed by atoms with Crippen molar-refractivity contribution in [1.29, 1.82) is 0 Å². The maximum absolute atomic E-state index is 12.0. The van der Waals surface area contributed by atoms with Gasteiger partial charge in [0.05, 0.1) is 0 Å². The van der Waals surface area contributed by atoms with Crippen molar-refractivity contribution in [2.75, 3.05) is 19.6 Å². The SMILES string of the molecule is CCC(=O)N1C2CCC1CN(CCC=Cc1ccccc1)C2. The van der Waals surface area contributed by atoms with E-state index in [1.54, 1.807) is 0 Å². The van der Waals surface area contributed by atoms with Crippen LogP contribution in [0.1, 0.15) is 38.2 Å². The van der Waals surface area contributed by atoms with Gasteiger partial charge in [-0.1, -0.05) is 49.4 Å². The molecule has 2 saturated heterocycles. The lowest BCUT2D eigenvalue weighted by Gasteiger charge is -2.41. The Morgan fingerprint density at radius 3 is 2.50 bits per heavy atom. The Labute approximate surface area is 133 Å². The van der Waals surface area contributed by atoms with Crippen LogP contribution in [-0.4, -0.2) is 47.4 Å². The fraction of sp³-hybridized carbons (Fsp3) is 0.526. The second kappa shape index (κ2) is 7.10. The number of carbonyl (C=O) groups excluding carboxylic acids is 1. The quantitative estimate of drug-likeness (QED) is 0.833. The molecule has 3 nitrogen and oxygen atoms in total. The molecular formula is C19H26N2O. The summed E-state index contributed by atoms with van der Waals surface area (Å²) in [6.45, 7) is 5.19. The number of benzene rings is 1. The fourth-order valence-corrected chi connectivity index (χ4v) is 3.80. The van der Waals surface area contributed by atoms with E-state index in [-0.39, 0.29) is 0 Å². The van der Waals surface area contributed by atoms with E-state index in [9.17, 15) is 4.79 Å². The summed E-state index contributed by atoms with van der Waals surface area (Å²) in [5, 5.41) is 0. The van der Waals surface area contributed by atoms with Gasteiger partial charge in [0, 0.05) is 38.1 Å². The van der Waals surface area contributed by atoms with Crippen molar-refractivity contribution in [3.8, 4) is 0 Å². The lowest BCUT2D eigenvalue weighted by Crippen LogP contribution is -2.55. The summed E-state index contributed by atoms with van der Waals surface area (Å²) in [6, 6.07) is 11.4. The van der Waals surface area contributed by atoms with Crippen LogP contribution in [0.5, 0.6) is 0 Å². The second-order valence-electron chi connectivity index (χ2n) is 6.40. The minimum Gasteiger partial charge on any atom is -0.334 e. The maximum Gasteiger partial charge on any atom is 0.222 e. The largest absolute Gasteiger partial charge is 0.334 e. The van der Waals surface area contributed by atoms with E-state index in [0.29, 0.717) is 24.4 Å². The van der Waals surface area contributed by atoms with E-state index in [1.165, 1.54) is 18.4 Å². The molecule has 0 N–H and O–H groups in total. The Kier molecular flexibility index (Phi) is 4.94. The van der Waals surface area contributed by atoms with Gasteiger partial charge in [-0.25, -0.2) is 0 Å². The molecule has 1 aromatic rings. The van der Waals surface area contributed by atoms with Gasteiger partial charge in [0.25, 0.3) is 0 Å². The molecule has 0 spiro atoms. The van der Waals surface area contributed by atoms with Crippen molar-refractivity contribution in [3.63, 3.8) is 0 Å². The fourth-order valence-electron chi connectivity index (χ4n) is 3.80. The highest BCUT2D eigenvalue weighted by Gasteiger charge is 2.41. The molecule has 2 heterocycles. The van der Waals surface area contributed by atoms with Gasteiger partial charge in [0.2, 0.25) is 5.91 Å². The third kappa shape index (κ3) is 3.41. The lowest BCUT2D eigenvalue weighted by atomic mass is 10.1. The number of rotatable bonds is 5. The highest BCUT2D eigenvalue weighted by Crippen LogP contribution is 2.30. The van der Waals surface area contributed by atoms with Gasteiger partial charge in [-0.2, -0.15) is 0 Å². The molecule has 2 atom stereocenters. The molecule has 2 bridgehead atoms. The lowest BCUT2D eigenvalue weighted by molar-refractivity contribution is -0.136. The summed E-state index contributed by atoms with van der Waals surface area (Å²) in [4.78, 5) is 16.8. The number of piperazine rings is 1. The van der Waals surface area contributed by atoms with Crippen molar-refractivity contribution in [2.45, 2.75) is 44.7 Å². The van der Waals surface area contributed by atoms with Crippen molar-refractivity contribution in [2.24, 2.45) is 0 Å². The molecule has 22 heavy (non-hydrogen) atoms. The van der Waals surface area contributed by atoms with E-state index in [2.05, 4.69) is 46.2 Å². The molecule has 3 rings (SSSR count). The van der Waals surface area contributed by atoms with E-state index in [0.717, 1.165) is 26.1 Å². The molecule has 2 fully saturated rings. The van der Waals surface area contributed by atoms with E-state index >= 15 is 0 Å². The second-order valence-corrected chi connectivity index (χ2v) is 6.40. The van der Waals surface area contributed by atoms with Crippen molar-refractivity contribution in [1.82, 2.24) is 9.80 Å².